The van der Waals surface area contributed by atoms with E-state index in [4.69, 9.17) is 26.0 Å². The molecule has 4 atom stereocenters. The minimum atomic E-state index is -0.382. The lowest BCUT2D eigenvalue weighted by Crippen LogP contribution is -2.58. The normalized spacial score (nSPS) is 20.9. The molecule has 1 fully saturated rings. The molecule has 0 spiro atoms. The summed E-state index contributed by atoms with van der Waals surface area (Å²) in [6, 6.07) is 26.9. The Morgan fingerprint density at radius 2 is 1.82 bits per heavy atom. The highest BCUT2D eigenvalue weighted by molar-refractivity contribution is 5.91. The molecule has 1 saturated heterocycles. The van der Waals surface area contributed by atoms with E-state index < -0.39 is 0 Å². The fraction of sp³-hybridized carbons (Fsp3) is 0.308. The number of carbonyl (C=O) groups is 1. The van der Waals surface area contributed by atoms with E-state index in [2.05, 4.69) is 56.0 Å². The average Bonchev–Trinajstić information content (AvgIpc) is 3.71. The van der Waals surface area contributed by atoms with Gasteiger partial charge in [-0.15, -0.1) is 0 Å². The lowest BCUT2D eigenvalue weighted by molar-refractivity contribution is -0.0261. The zero-order valence-corrected chi connectivity index (χ0v) is 27.4. The zero-order valence-electron chi connectivity index (χ0n) is 27.4. The number of ether oxygens (including phenoxy) is 2. The first-order valence-electron chi connectivity index (χ1n) is 16.8. The largest absolute Gasteiger partial charge is 0.456 e. The number of pyridine rings is 1. The molecule has 1 amide bonds. The second-order valence-corrected chi connectivity index (χ2v) is 12.9. The van der Waals surface area contributed by atoms with Gasteiger partial charge in [0.2, 0.25) is 6.54 Å². The van der Waals surface area contributed by atoms with Crippen molar-refractivity contribution in [3.8, 4) is 6.01 Å². The molecule has 0 bridgehead atoms. The van der Waals surface area contributed by atoms with Crippen molar-refractivity contribution in [3.05, 3.63) is 142 Å². The third kappa shape index (κ3) is 5.96. The molecule has 3 aliphatic rings. The first-order chi connectivity index (χ1) is 24.1. The molecule has 49 heavy (non-hydrogen) atoms. The summed E-state index contributed by atoms with van der Waals surface area (Å²) in [6.45, 7) is 12.4. The maximum Gasteiger partial charge on any atom is 0.410 e. The van der Waals surface area contributed by atoms with Crippen LogP contribution in [0.1, 0.15) is 58.7 Å². The summed E-state index contributed by atoms with van der Waals surface area (Å²) in [5.74, 6) is 0. The van der Waals surface area contributed by atoms with Gasteiger partial charge in [0.15, 0.2) is 0 Å². The second kappa shape index (κ2) is 13.3. The van der Waals surface area contributed by atoms with Crippen LogP contribution < -0.4 is 4.74 Å². The predicted molar refractivity (Wildman–Crippen MR) is 184 cm³/mol. The number of hydrogen-bond donors (Lipinski definition) is 0. The fourth-order valence-electron chi connectivity index (χ4n) is 7.71. The Morgan fingerprint density at radius 3 is 2.63 bits per heavy atom. The third-order valence-electron chi connectivity index (χ3n) is 10.1. The number of fused-ring (bicyclic) bond motifs is 1. The Hall–Kier alpha value is -5.37. The molecule has 2 aromatic heterocycles. The lowest BCUT2D eigenvalue weighted by atomic mass is 10.0. The van der Waals surface area contributed by atoms with E-state index in [0.717, 1.165) is 28.8 Å². The van der Waals surface area contributed by atoms with Crippen molar-refractivity contribution in [1.82, 2.24) is 29.7 Å². The number of nitrogens with zero attached hydrogens (tertiary/aromatic N) is 7. The van der Waals surface area contributed by atoms with Crippen LogP contribution in [0.15, 0.2) is 97.5 Å². The van der Waals surface area contributed by atoms with Crippen LogP contribution in [0.25, 0.3) is 15.6 Å². The van der Waals surface area contributed by atoms with E-state index in [-0.39, 0.29) is 43.6 Å². The Morgan fingerprint density at radius 1 is 1.00 bits per heavy atom. The second-order valence-electron chi connectivity index (χ2n) is 12.9. The number of aromatic nitrogens is 3. The van der Waals surface area contributed by atoms with Crippen LogP contribution in [-0.4, -0.2) is 68.0 Å². The topological polar surface area (TPSA) is 88.3 Å². The molecule has 0 saturated carbocycles. The Kier molecular flexibility index (Phi) is 8.37. The minimum absolute atomic E-state index is 0.132. The van der Waals surface area contributed by atoms with Gasteiger partial charge in [-0.25, -0.2) is 16.4 Å². The van der Waals surface area contributed by atoms with Gasteiger partial charge in [0.1, 0.15) is 18.8 Å². The monoisotopic (exact) mass is 651 g/mol. The lowest BCUT2D eigenvalue weighted by Gasteiger charge is -2.45. The summed E-state index contributed by atoms with van der Waals surface area (Å²) < 4.78 is 12.0. The molecule has 246 valence electrons. The van der Waals surface area contributed by atoms with Gasteiger partial charge in [-0.3, -0.25) is 19.7 Å². The van der Waals surface area contributed by atoms with Gasteiger partial charge in [-0.1, -0.05) is 66.7 Å². The molecule has 10 heteroatoms. The third-order valence-corrected chi connectivity index (χ3v) is 10.1. The maximum atomic E-state index is 13.4. The van der Waals surface area contributed by atoms with Gasteiger partial charge in [-0.05, 0) is 58.5 Å². The Balaban J connectivity index is 1.09. The van der Waals surface area contributed by atoms with E-state index in [1.165, 1.54) is 21.9 Å². The van der Waals surface area contributed by atoms with Gasteiger partial charge in [-0.2, -0.15) is 4.98 Å². The number of rotatable bonds is 8. The smallest absolute Gasteiger partial charge is 0.410 e. The van der Waals surface area contributed by atoms with E-state index >= 15 is 0 Å². The fourth-order valence-corrected chi connectivity index (χ4v) is 7.71. The van der Waals surface area contributed by atoms with Crippen LogP contribution in [0.3, 0.4) is 0 Å². The zero-order chi connectivity index (χ0) is 33.3. The number of piperazine rings is 1. The molecule has 2 unspecified atom stereocenters. The van der Waals surface area contributed by atoms with Crippen LogP contribution in [0, 0.1) is 6.57 Å². The van der Waals surface area contributed by atoms with E-state index in [1.54, 1.807) is 17.3 Å². The average molecular weight is 652 g/mol. The first-order valence-corrected chi connectivity index (χ1v) is 16.8. The molecule has 5 aromatic rings. The van der Waals surface area contributed by atoms with Crippen LogP contribution in [0.4, 0.5) is 4.79 Å². The van der Waals surface area contributed by atoms with Crippen molar-refractivity contribution >= 4 is 16.9 Å². The molecule has 2 aliphatic heterocycles. The molecule has 10 nitrogen and oxygen atoms in total. The van der Waals surface area contributed by atoms with Crippen molar-refractivity contribution in [2.45, 2.75) is 50.8 Å². The van der Waals surface area contributed by atoms with Crippen molar-refractivity contribution in [2.75, 3.05) is 26.2 Å². The molecule has 8 rings (SSSR count). The summed E-state index contributed by atoms with van der Waals surface area (Å²) >= 11 is 0. The Labute approximate surface area is 285 Å². The number of hydrogen-bond acceptors (Lipinski definition) is 8. The molecule has 1 aliphatic carbocycles. The molecule has 0 N–H and O–H groups in total. The summed E-state index contributed by atoms with van der Waals surface area (Å²) in [4.78, 5) is 37.6. The van der Waals surface area contributed by atoms with Gasteiger partial charge in [0.05, 0.1) is 11.9 Å². The molecule has 3 aromatic carbocycles. The predicted octanol–water partition coefficient (Wildman–Crippen LogP) is 6.52. The Bertz CT molecular complexity index is 2010. The van der Waals surface area contributed by atoms with Crippen molar-refractivity contribution < 1.29 is 14.3 Å². The molecular formula is C39H37N7O3. The number of amides is 1. The highest BCUT2D eigenvalue weighted by atomic mass is 16.6. The summed E-state index contributed by atoms with van der Waals surface area (Å²) in [5.41, 5.74) is 6.58. The first kappa shape index (κ1) is 30.9. The maximum absolute atomic E-state index is 13.4. The summed E-state index contributed by atoms with van der Waals surface area (Å²) in [6.07, 6.45) is 5.57. The van der Waals surface area contributed by atoms with Crippen LogP contribution in [-0.2, 0) is 24.3 Å². The van der Waals surface area contributed by atoms with Gasteiger partial charge < -0.3 is 14.3 Å². The molecule has 0 radical (unpaired) electrons. The molecule has 4 heterocycles. The number of benzene rings is 3. The van der Waals surface area contributed by atoms with E-state index in [1.807, 2.05) is 55.6 Å². The van der Waals surface area contributed by atoms with E-state index in [9.17, 15) is 4.79 Å². The van der Waals surface area contributed by atoms with E-state index in [0.29, 0.717) is 32.2 Å². The van der Waals surface area contributed by atoms with Gasteiger partial charge >= 0.3 is 12.1 Å². The number of carbonyl (C=O) groups excluding carboxylic acids is 1. The van der Waals surface area contributed by atoms with Crippen LogP contribution in [0.2, 0.25) is 0 Å². The standard InChI is InChI=1S/C39H37N7O3/c1-26(28-14-16-41-17-15-28)49-38-42-22-33-34(43-38)24-46(35-20-30-12-6-10-29-11-7-13-32(35)36(29)30)37(33)44-18-19-45(31(23-44)21-40-2)39(47)48-25-27-8-4-3-5-9-27/h3-17,22,26,31,35,37H,18-21,23-25H2,1H3/t26-,31+,35?,37?/m1/s1. The van der Waals surface area contributed by atoms with Gasteiger partial charge in [0, 0.05) is 56.4 Å². The van der Waals surface area contributed by atoms with Crippen LogP contribution >= 0.6 is 0 Å². The van der Waals surface area contributed by atoms with Crippen molar-refractivity contribution in [2.24, 2.45) is 0 Å². The minimum Gasteiger partial charge on any atom is -0.456 e. The molecular weight excluding hydrogens is 614 g/mol. The van der Waals surface area contributed by atoms with Crippen molar-refractivity contribution in [3.63, 3.8) is 0 Å². The van der Waals surface area contributed by atoms with Crippen molar-refractivity contribution in [1.29, 1.82) is 0 Å². The van der Waals surface area contributed by atoms with Gasteiger partial charge in [0.25, 0.3) is 0 Å². The highest BCUT2D eigenvalue weighted by Gasteiger charge is 2.45. The SMILES string of the molecule is [C-]#[N+]C[C@H]1CN(C2c3cnc(O[C@H](C)c4ccncc4)nc3CN2C2Cc3cccc4cccc2c34)CCN1C(=O)OCc1ccccc1. The summed E-state index contributed by atoms with van der Waals surface area (Å²) in [5, 5.41) is 2.59. The summed E-state index contributed by atoms with van der Waals surface area (Å²) in [7, 11) is 0. The quantitative estimate of drug-likeness (QED) is 0.175. The highest BCUT2D eigenvalue weighted by Crippen LogP contribution is 2.48. The van der Waals surface area contributed by atoms with Crippen LogP contribution in [0.5, 0.6) is 6.01 Å².